The first-order valence-corrected chi connectivity index (χ1v) is 5.16. The molecule has 1 aliphatic heterocycles. The molecule has 1 saturated heterocycles. The molecule has 6 heteroatoms. The van der Waals surface area contributed by atoms with Gasteiger partial charge in [0, 0.05) is 13.1 Å². The zero-order valence-electron chi connectivity index (χ0n) is 8.93. The summed E-state index contributed by atoms with van der Waals surface area (Å²) in [5.74, 6) is -1.59. The Morgan fingerprint density at radius 2 is 2.06 bits per heavy atom. The van der Waals surface area contributed by atoms with Crippen molar-refractivity contribution in [2.24, 2.45) is 5.92 Å². The van der Waals surface area contributed by atoms with Crippen LogP contribution in [-0.4, -0.2) is 35.2 Å². The van der Waals surface area contributed by atoms with Crippen LogP contribution in [0.25, 0.3) is 0 Å². The first-order valence-electron chi connectivity index (χ1n) is 5.16. The molecule has 17 heavy (non-hydrogen) atoms. The highest BCUT2D eigenvalue weighted by molar-refractivity contribution is 5.97. The van der Waals surface area contributed by atoms with Gasteiger partial charge in [-0.25, -0.2) is 4.79 Å². The van der Waals surface area contributed by atoms with Crippen molar-refractivity contribution in [3.8, 4) is 5.75 Å². The van der Waals surface area contributed by atoms with E-state index in [0.29, 0.717) is 13.1 Å². The topological polar surface area (TPSA) is 98.7 Å². The van der Waals surface area contributed by atoms with E-state index in [2.05, 4.69) is 10.6 Å². The number of carbonyl (C=O) groups excluding carboxylic acids is 1. The Bertz CT molecular complexity index is 469. The molecule has 0 spiro atoms. The number of aromatic hydroxyl groups is 1. The lowest BCUT2D eigenvalue weighted by Crippen LogP contribution is -2.48. The number of hydrogen-bond donors (Lipinski definition) is 4. The lowest BCUT2D eigenvalue weighted by molar-refractivity contribution is -0.121. The Kier molecular flexibility index (Phi) is 2.97. The molecular formula is C11H12N2O4. The first-order chi connectivity index (χ1) is 8.08. The van der Waals surface area contributed by atoms with Crippen molar-refractivity contribution in [2.45, 2.75) is 0 Å². The zero-order valence-corrected chi connectivity index (χ0v) is 8.93. The lowest BCUT2D eigenvalue weighted by atomic mass is 10.0. The van der Waals surface area contributed by atoms with Gasteiger partial charge >= 0.3 is 5.97 Å². The minimum atomic E-state index is -1.11. The molecule has 0 radical (unpaired) electrons. The van der Waals surface area contributed by atoms with Gasteiger partial charge in [-0.1, -0.05) is 0 Å². The standard InChI is InChI=1S/C11H12N2O4/c14-9-2-1-6(11(16)17)3-8(9)13-10(15)7-4-12-5-7/h1-3,7,12,14H,4-5H2,(H,13,15)(H,16,17). The van der Waals surface area contributed by atoms with Crippen LogP contribution >= 0.6 is 0 Å². The number of anilines is 1. The summed E-state index contributed by atoms with van der Waals surface area (Å²) < 4.78 is 0. The molecule has 1 fully saturated rings. The molecular weight excluding hydrogens is 224 g/mol. The Labute approximate surface area is 97.3 Å². The van der Waals surface area contributed by atoms with E-state index in [-0.39, 0.29) is 28.8 Å². The second-order valence-electron chi connectivity index (χ2n) is 3.88. The van der Waals surface area contributed by atoms with Crippen molar-refractivity contribution in [3.05, 3.63) is 23.8 Å². The Morgan fingerprint density at radius 1 is 1.35 bits per heavy atom. The highest BCUT2D eigenvalue weighted by atomic mass is 16.4. The van der Waals surface area contributed by atoms with Gasteiger partial charge in [-0.3, -0.25) is 4.79 Å². The molecule has 1 heterocycles. The van der Waals surface area contributed by atoms with Crippen molar-refractivity contribution < 1.29 is 19.8 Å². The average molecular weight is 236 g/mol. The van der Waals surface area contributed by atoms with Crippen molar-refractivity contribution >= 4 is 17.6 Å². The summed E-state index contributed by atoms with van der Waals surface area (Å²) in [6, 6.07) is 3.76. The van der Waals surface area contributed by atoms with Crippen molar-refractivity contribution in [1.29, 1.82) is 0 Å². The molecule has 0 bridgehead atoms. The number of carboxylic acids is 1. The number of rotatable bonds is 3. The molecule has 1 aromatic rings. The summed E-state index contributed by atoms with van der Waals surface area (Å²) in [4.78, 5) is 22.4. The molecule has 0 unspecified atom stereocenters. The second-order valence-corrected chi connectivity index (χ2v) is 3.88. The maximum atomic E-state index is 11.6. The van der Waals surface area contributed by atoms with Crippen molar-refractivity contribution in [1.82, 2.24) is 5.32 Å². The smallest absolute Gasteiger partial charge is 0.335 e. The van der Waals surface area contributed by atoms with E-state index in [0.717, 1.165) is 0 Å². The maximum Gasteiger partial charge on any atom is 0.335 e. The number of phenols is 1. The average Bonchev–Trinajstić information content (AvgIpc) is 2.18. The number of benzene rings is 1. The van der Waals surface area contributed by atoms with Gasteiger partial charge in [0.15, 0.2) is 0 Å². The van der Waals surface area contributed by atoms with Gasteiger partial charge in [-0.15, -0.1) is 0 Å². The second kappa shape index (κ2) is 4.42. The molecule has 0 saturated carbocycles. The van der Waals surface area contributed by atoms with E-state index in [9.17, 15) is 14.7 Å². The van der Waals surface area contributed by atoms with E-state index in [4.69, 9.17) is 5.11 Å². The molecule has 0 aromatic heterocycles. The summed E-state index contributed by atoms with van der Waals surface area (Å²) in [6.07, 6.45) is 0. The van der Waals surface area contributed by atoms with E-state index >= 15 is 0 Å². The van der Waals surface area contributed by atoms with Gasteiger partial charge in [0.25, 0.3) is 0 Å². The van der Waals surface area contributed by atoms with Gasteiger partial charge in [-0.2, -0.15) is 0 Å². The Balaban J connectivity index is 2.16. The van der Waals surface area contributed by atoms with Gasteiger partial charge in [0.1, 0.15) is 5.75 Å². The van der Waals surface area contributed by atoms with Gasteiger partial charge in [0.2, 0.25) is 5.91 Å². The summed E-state index contributed by atoms with van der Waals surface area (Å²) in [6.45, 7) is 1.20. The molecule has 1 aromatic carbocycles. The summed E-state index contributed by atoms with van der Waals surface area (Å²) >= 11 is 0. The van der Waals surface area contributed by atoms with Crippen LogP contribution in [0.1, 0.15) is 10.4 Å². The number of aromatic carboxylic acids is 1. The lowest BCUT2D eigenvalue weighted by Gasteiger charge is -2.25. The van der Waals surface area contributed by atoms with Gasteiger partial charge < -0.3 is 20.8 Å². The van der Waals surface area contributed by atoms with Crippen LogP contribution in [0.4, 0.5) is 5.69 Å². The molecule has 6 nitrogen and oxygen atoms in total. The van der Waals surface area contributed by atoms with Crippen LogP contribution in [0.3, 0.4) is 0 Å². The number of amides is 1. The monoisotopic (exact) mass is 236 g/mol. The van der Waals surface area contributed by atoms with Crippen molar-refractivity contribution in [3.63, 3.8) is 0 Å². The van der Waals surface area contributed by atoms with Crippen LogP contribution in [-0.2, 0) is 4.79 Å². The van der Waals surface area contributed by atoms with Gasteiger partial charge in [0.05, 0.1) is 17.2 Å². The largest absolute Gasteiger partial charge is 0.506 e. The van der Waals surface area contributed by atoms with Crippen LogP contribution in [0.5, 0.6) is 5.75 Å². The highest BCUT2D eigenvalue weighted by Crippen LogP contribution is 2.25. The molecule has 0 atom stereocenters. The maximum absolute atomic E-state index is 11.6. The number of nitrogens with one attached hydrogen (secondary N) is 2. The summed E-state index contributed by atoms with van der Waals surface area (Å²) in [7, 11) is 0. The highest BCUT2D eigenvalue weighted by Gasteiger charge is 2.25. The normalized spacial score (nSPS) is 15.1. The number of carboxylic acid groups (broad SMARTS) is 1. The summed E-state index contributed by atoms with van der Waals surface area (Å²) in [5.41, 5.74) is 0.145. The molecule has 90 valence electrons. The van der Waals surface area contributed by atoms with Crippen LogP contribution < -0.4 is 10.6 Å². The van der Waals surface area contributed by atoms with Crippen LogP contribution in [0.2, 0.25) is 0 Å². The number of hydrogen-bond acceptors (Lipinski definition) is 4. The Hall–Kier alpha value is -2.08. The molecule has 1 aliphatic rings. The predicted molar refractivity (Wildman–Crippen MR) is 60.1 cm³/mol. The first kappa shape index (κ1) is 11.4. The zero-order chi connectivity index (χ0) is 12.4. The molecule has 4 N–H and O–H groups in total. The number of phenolic OH excluding ortho intramolecular Hbond substituents is 1. The fraction of sp³-hybridized carbons (Fsp3) is 0.273. The van der Waals surface area contributed by atoms with Gasteiger partial charge in [-0.05, 0) is 18.2 Å². The fourth-order valence-electron chi connectivity index (χ4n) is 1.48. The van der Waals surface area contributed by atoms with Crippen molar-refractivity contribution in [2.75, 3.05) is 18.4 Å². The minimum absolute atomic E-state index is 0.0184. The molecule has 0 aliphatic carbocycles. The number of carbonyl (C=O) groups is 2. The third kappa shape index (κ3) is 2.36. The third-order valence-corrected chi connectivity index (χ3v) is 2.65. The quantitative estimate of drug-likeness (QED) is 0.564. The van der Waals surface area contributed by atoms with E-state index in [1.165, 1.54) is 18.2 Å². The third-order valence-electron chi connectivity index (χ3n) is 2.65. The van der Waals surface area contributed by atoms with E-state index < -0.39 is 5.97 Å². The summed E-state index contributed by atoms with van der Waals surface area (Å²) in [5, 5.41) is 23.8. The van der Waals surface area contributed by atoms with E-state index in [1.54, 1.807) is 0 Å². The van der Waals surface area contributed by atoms with E-state index in [1.807, 2.05) is 0 Å². The fourth-order valence-corrected chi connectivity index (χ4v) is 1.48. The van der Waals surface area contributed by atoms with Crippen LogP contribution in [0.15, 0.2) is 18.2 Å². The minimum Gasteiger partial charge on any atom is -0.506 e. The Morgan fingerprint density at radius 3 is 2.59 bits per heavy atom. The predicted octanol–water partition coefficient (Wildman–Crippen LogP) is 0.248. The molecule has 1 amide bonds. The SMILES string of the molecule is O=C(O)c1ccc(O)c(NC(=O)C2CNC2)c1. The molecule has 2 rings (SSSR count). The van der Waals surface area contributed by atoms with Crippen LogP contribution in [0, 0.1) is 5.92 Å².